The number of aromatic nitrogens is 1. The fraction of sp³-hybridized carbons (Fsp3) is 0.250. The highest BCUT2D eigenvalue weighted by Gasteiger charge is 2.31. The molecule has 0 amide bonds. The first-order valence-electron chi connectivity index (χ1n) is 6.74. The van der Waals surface area contributed by atoms with Gasteiger partial charge >= 0.3 is 6.36 Å². The average molecular weight is 341 g/mol. The summed E-state index contributed by atoms with van der Waals surface area (Å²) in [7, 11) is 0. The standard InChI is InChI=1S/C16H14F3NO2S/c1-11-4-3-7-20-15(11)23-10-13(21)8-12-5-2-6-14(9-12)22-16(17,18)19/h2-7,9H,8,10H2,1H3. The Kier molecular flexibility index (Phi) is 5.65. The molecule has 1 aromatic carbocycles. The molecular weight excluding hydrogens is 327 g/mol. The monoisotopic (exact) mass is 341 g/mol. The summed E-state index contributed by atoms with van der Waals surface area (Å²) >= 11 is 1.32. The first-order valence-corrected chi connectivity index (χ1v) is 7.73. The van der Waals surface area contributed by atoms with Crippen LogP contribution in [0.2, 0.25) is 0 Å². The van der Waals surface area contributed by atoms with E-state index in [0.29, 0.717) is 5.56 Å². The van der Waals surface area contributed by atoms with Gasteiger partial charge in [0.05, 0.1) is 10.8 Å². The number of halogens is 3. The number of carbonyl (C=O) groups excluding carboxylic acids is 1. The van der Waals surface area contributed by atoms with Crippen LogP contribution in [-0.4, -0.2) is 22.9 Å². The molecule has 0 aliphatic heterocycles. The topological polar surface area (TPSA) is 39.2 Å². The SMILES string of the molecule is Cc1cccnc1SCC(=O)Cc1cccc(OC(F)(F)F)c1. The molecule has 3 nitrogen and oxygen atoms in total. The van der Waals surface area contributed by atoms with Crippen molar-refractivity contribution in [1.82, 2.24) is 4.98 Å². The Labute approximate surface area is 135 Å². The van der Waals surface area contributed by atoms with Gasteiger partial charge in [-0.25, -0.2) is 4.98 Å². The second-order valence-electron chi connectivity index (χ2n) is 4.82. The molecule has 0 saturated heterocycles. The molecule has 0 fully saturated rings. The third kappa shape index (κ3) is 5.94. The number of hydrogen-bond donors (Lipinski definition) is 0. The normalized spacial score (nSPS) is 11.3. The predicted molar refractivity (Wildman–Crippen MR) is 81.5 cm³/mol. The Morgan fingerprint density at radius 1 is 1.26 bits per heavy atom. The van der Waals surface area contributed by atoms with Crippen LogP contribution in [0.3, 0.4) is 0 Å². The van der Waals surface area contributed by atoms with Gasteiger partial charge in [0, 0.05) is 12.6 Å². The molecule has 0 spiro atoms. The number of ketones is 1. The number of ether oxygens (including phenoxy) is 1. The van der Waals surface area contributed by atoms with Crippen molar-refractivity contribution in [3.05, 3.63) is 53.7 Å². The summed E-state index contributed by atoms with van der Waals surface area (Å²) in [4.78, 5) is 16.2. The maximum absolute atomic E-state index is 12.2. The second-order valence-corrected chi connectivity index (χ2v) is 5.79. The lowest BCUT2D eigenvalue weighted by molar-refractivity contribution is -0.274. The molecule has 0 atom stereocenters. The number of benzene rings is 1. The first-order chi connectivity index (χ1) is 10.8. The van der Waals surface area contributed by atoms with Crippen molar-refractivity contribution in [3.8, 4) is 5.75 Å². The van der Waals surface area contributed by atoms with Gasteiger partial charge in [-0.15, -0.1) is 13.2 Å². The van der Waals surface area contributed by atoms with Crippen LogP contribution in [-0.2, 0) is 11.2 Å². The predicted octanol–water partition coefficient (Wildman–Crippen LogP) is 4.19. The van der Waals surface area contributed by atoms with Gasteiger partial charge in [-0.1, -0.05) is 30.0 Å². The molecule has 0 N–H and O–H groups in total. The fourth-order valence-corrected chi connectivity index (χ4v) is 2.73. The lowest BCUT2D eigenvalue weighted by Crippen LogP contribution is -2.17. The number of hydrogen-bond acceptors (Lipinski definition) is 4. The van der Waals surface area contributed by atoms with E-state index in [0.717, 1.165) is 10.6 Å². The van der Waals surface area contributed by atoms with Crippen LogP contribution >= 0.6 is 11.8 Å². The first kappa shape index (κ1) is 17.3. The van der Waals surface area contributed by atoms with E-state index in [9.17, 15) is 18.0 Å². The van der Waals surface area contributed by atoms with E-state index in [2.05, 4.69) is 9.72 Å². The molecule has 0 unspecified atom stereocenters. The number of alkyl halides is 3. The summed E-state index contributed by atoms with van der Waals surface area (Å²) in [5, 5.41) is 0.773. The van der Waals surface area contributed by atoms with E-state index in [1.54, 1.807) is 12.3 Å². The van der Waals surface area contributed by atoms with Gasteiger partial charge in [0.25, 0.3) is 0 Å². The minimum absolute atomic E-state index is 0.0495. The molecule has 122 valence electrons. The fourth-order valence-electron chi connectivity index (χ4n) is 1.90. The number of nitrogens with zero attached hydrogens (tertiary/aromatic N) is 1. The third-order valence-corrected chi connectivity index (χ3v) is 4.03. The summed E-state index contributed by atoms with van der Waals surface area (Å²) in [5.74, 6) is -0.206. The van der Waals surface area contributed by atoms with Gasteiger partial charge in [-0.05, 0) is 36.2 Å². The third-order valence-electron chi connectivity index (χ3n) is 2.86. The summed E-state index contributed by atoms with van der Waals surface area (Å²) in [6.45, 7) is 1.90. The molecule has 1 aromatic heterocycles. The van der Waals surface area contributed by atoms with E-state index < -0.39 is 6.36 Å². The van der Waals surface area contributed by atoms with E-state index in [4.69, 9.17) is 0 Å². The number of rotatable bonds is 6. The number of pyridine rings is 1. The molecule has 0 aliphatic rings. The average Bonchev–Trinajstić information content (AvgIpc) is 2.45. The van der Waals surface area contributed by atoms with Crippen LogP contribution in [0.4, 0.5) is 13.2 Å². The van der Waals surface area contributed by atoms with Crippen molar-refractivity contribution in [2.75, 3.05) is 5.75 Å². The molecule has 0 saturated carbocycles. The molecule has 2 aromatic rings. The molecule has 1 heterocycles. The summed E-state index contributed by atoms with van der Waals surface area (Å²) in [6.07, 6.45) is -3.04. The van der Waals surface area contributed by atoms with Crippen molar-refractivity contribution in [2.24, 2.45) is 0 Å². The summed E-state index contributed by atoms with van der Waals surface area (Å²) in [6, 6.07) is 9.16. The lowest BCUT2D eigenvalue weighted by atomic mass is 10.1. The van der Waals surface area contributed by atoms with E-state index in [-0.39, 0.29) is 23.7 Å². The lowest BCUT2D eigenvalue weighted by Gasteiger charge is -2.10. The zero-order valence-electron chi connectivity index (χ0n) is 12.3. The Morgan fingerprint density at radius 3 is 2.74 bits per heavy atom. The number of Topliss-reactive ketones (excluding diaryl/α,β-unsaturated/α-hetero) is 1. The number of carbonyl (C=O) groups is 1. The van der Waals surface area contributed by atoms with Gasteiger partial charge in [0.1, 0.15) is 11.5 Å². The summed E-state index contributed by atoms with van der Waals surface area (Å²) in [5.41, 5.74) is 1.46. The quantitative estimate of drug-likeness (QED) is 0.739. The Morgan fingerprint density at radius 2 is 2.04 bits per heavy atom. The molecule has 7 heteroatoms. The van der Waals surface area contributed by atoms with E-state index in [1.807, 2.05) is 19.1 Å². The van der Waals surface area contributed by atoms with Crippen LogP contribution in [0.25, 0.3) is 0 Å². The molecule has 2 rings (SSSR count). The molecule has 23 heavy (non-hydrogen) atoms. The molecular formula is C16H14F3NO2S. The molecule has 0 radical (unpaired) electrons. The van der Waals surface area contributed by atoms with Crippen molar-refractivity contribution in [1.29, 1.82) is 0 Å². The van der Waals surface area contributed by atoms with Crippen molar-refractivity contribution in [2.45, 2.75) is 24.7 Å². The highest BCUT2D eigenvalue weighted by molar-refractivity contribution is 7.99. The van der Waals surface area contributed by atoms with E-state index >= 15 is 0 Å². The molecule has 0 aliphatic carbocycles. The molecule has 0 bridgehead atoms. The van der Waals surface area contributed by atoms with Gasteiger partial charge in [-0.3, -0.25) is 4.79 Å². The van der Waals surface area contributed by atoms with Crippen LogP contribution in [0.1, 0.15) is 11.1 Å². The Hall–Kier alpha value is -2.02. The minimum atomic E-state index is -4.74. The Bertz CT molecular complexity index is 689. The highest BCUT2D eigenvalue weighted by atomic mass is 32.2. The van der Waals surface area contributed by atoms with Gasteiger partial charge in [-0.2, -0.15) is 0 Å². The van der Waals surface area contributed by atoms with Crippen molar-refractivity contribution < 1.29 is 22.7 Å². The van der Waals surface area contributed by atoms with Crippen LogP contribution in [0.5, 0.6) is 5.75 Å². The van der Waals surface area contributed by atoms with Gasteiger partial charge < -0.3 is 4.74 Å². The van der Waals surface area contributed by atoms with Crippen molar-refractivity contribution >= 4 is 17.5 Å². The largest absolute Gasteiger partial charge is 0.573 e. The highest BCUT2D eigenvalue weighted by Crippen LogP contribution is 2.24. The summed E-state index contributed by atoms with van der Waals surface area (Å²) < 4.78 is 40.4. The van der Waals surface area contributed by atoms with Crippen LogP contribution in [0.15, 0.2) is 47.6 Å². The van der Waals surface area contributed by atoms with Crippen LogP contribution in [0, 0.1) is 6.92 Å². The zero-order valence-corrected chi connectivity index (χ0v) is 13.1. The number of aryl methyl sites for hydroxylation is 1. The van der Waals surface area contributed by atoms with Crippen LogP contribution < -0.4 is 4.74 Å². The van der Waals surface area contributed by atoms with Crippen molar-refractivity contribution in [3.63, 3.8) is 0 Å². The number of thioether (sulfide) groups is 1. The Balaban J connectivity index is 1.93. The zero-order chi connectivity index (χ0) is 16.9. The maximum Gasteiger partial charge on any atom is 0.573 e. The second kappa shape index (κ2) is 7.50. The van der Waals surface area contributed by atoms with Gasteiger partial charge in [0.2, 0.25) is 0 Å². The smallest absolute Gasteiger partial charge is 0.406 e. The van der Waals surface area contributed by atoms with Gasteiger partial charge in [0.15, 0.2) is 0 Å². The van der Waals surface area contributed by atoms with E-state index in [1.165, 1.54) is 30.0 Å². The minimum Gasteiger partial charge on any atom is -0.406 e. The maximum atomic E-state index is 12.2.